The predicted octanol–water partition coefficient (Wildman–Crippen LogP) is 6.30. The standard InChI is InChI=1S/C16H10Cl4O4S/c1-7(21)23-15-11(19)3-9(17)5-13(15)25-14-6-10(18)4-12(20)16(14)24-8(2)22/h3-6H,1-2H3. The topological polar surface area (TPSA) is 52.6 Å². The minimum absolute atomic E-state index is 0.133. The number of halogens is 4. The summed E-state index contributed by atoms with van der Waals surface area (Å²) in [7, 11) is 0. The second-order valence-electron chi connectivity index (χ2n) is 4.72. The van der Waals surface area contributed by atoms with E-state index < -0.39 is 11.9 Å². The van der Waals surface area contributed by atoms with Gasteiger partial charge in [0.1, 0.15) is 0 Å². The summed E-state index contributed by atoms with van der Waals surface area (Å²) in [5.74, 6) is -0.826. The summed E-state index contributed by atoms with van der Waals surface area (Å²) in [5, 5.41) is 0.996. The minimum Gasteiger partial charge on any atom is -0.424 e. The molecule has 2 aromatic rings. The van der Waals surface area contributed by atoms with Crippen LogP contribution in [0.2, 0.25) is 20.1 Å². The number of hydrogen-bond donors (Lipinski definition) is 0. The number of ether oxygens (including phenoxy) is 2. The van der Waals surface area contributed by atoms with Gasteiger partial charge in [0.2, 0.25) is 0 Å². The Hall–Kier alpha value is -1.11. The summed E-state index contributed by atoms with van der Waals surface area (Å²) in [4.78, 5) is 23.5. The second kappa shape index (κ2) is 8.52. The van der Waals surface area contributed by atoms with Crippen molar-refractivity contribution in [2.75, 3.05) is 0 Å². The number of rotatable bonds is 4. The number of carbonyl (C=O) groups is 2. The molecule has 0 aliphatic carbocycles. The van der Waals surface area contributed by atoms with Crippen LogP contribution in [-0.4, -0.2) is 11.9 Å². The van der Waals surface area contributed by atoms with Gasteiger partial charge < -0.3 is 9.47 Å². The van der Waals surface area contributed by atoms with E-state index in [2.05, 4.69) is 0 Å². The molecule has 0 saturated heterocycles. The zero-order chi connectivity index (χ0) is 18.7. The molecule has 0 atom stereocenters. The lowest BCUT2D eigenvalue weighted by Crippen LogP contribution is -2.04. The van der Waals surface area contributed by atoms with Crippen molar-refractivity contribution in [3.63, 3.8) is 0 Å². The maximum absolute atomic E-state index is 11.3. The zero-order valence-corrected chi connectivity index (χ0v) is 16.7. The zero-order valence-electron chi connectivity index (χ0n) is 12.9. The van der Waals surface area contributed by atoms with E-state index in [-0.39, 0.29) is 21.5 Å². The van der Waals surface area contributed by atoms with Crippen molar-refractivity contribution in [1.29, 1.82) is 0 Å². The first-order chi connectivity index (χ1) is 11.7. The summed E-state index contributed by atoms with van der Waals surface area (Å²) in [6, 6.07) is 6.01. The van der Waals surface area contributed by atoms with Crippen LogP contribution in [0.1, 0.15) is 13.8 Å². The Bertz CT molecular complexity index is 785. The van der Waals surface area contributed by atoms with E-state index in [0.717, 1.165) is 11.8 Å². The van der Waals surface area contributed by atoms with Crippen LogP contribution in [0.3, 0.4) is 0 Å². The summed E-state index contributed by atoms with van der Waals surface area (Å²) in [5.41, 5.74) is 0. The molecule has 4 nitrogen and oxygen atoms in total. The van der Waals surface area contributed by atoms with Gasteiger partial charge in [-0.2, -0.15) is 0 Å². The lowest BCUT2D eigenvalue weighted by Gasteiger charge is -2.14. The van der Waals surface area contributed by atoms with Gasteiger partial charge in [0.05, 0.1) is 19.8 Å². The average molecular weight is 440 g/mol. The molecule has 0 radical (unpaired) electrons. The molecular formula is C16H10Cl4O4S. The number of benzene rings is 2. The van der Waals surface area contributed by atoms with Crippen molar-refractivity contribution >= 4 is 70.1 Å². The van der Waals surface area contributed by atoms with Crippen LogP contribution in [0.15, 0.2) is 34.1 Å². The molecule has 0 aromatic heterocycles. The molecule has 0 fully saturated rings. The smallest absolute Gasteiger partial charge is 0.308 e. The third-order valence-electron chi connectivity index (χ3n) is 2.66. The van der Waals surface area contributed by atoms with Crippen LogP contribution < -0.4 is 9.47 Å². The Morgan fingerprint density at radius 3 is 1.44 bits per heavy atom. The highest BCUT2D eigenvalue weighted by atomic mass is 35.5. The summed E-state index contributed by atoms with van der Waals surface area (Å²) in [6.07, 6.45) is 0. The number of hydrogen-bond acceptors (Lipinski definition) is 5. The van der Waals surface area contributed by atoms with Crippen LogP contribution >= 0.6 is 58.2 Å². The van der Waals surface area contributed by atoms with E-state index in [1.165, 1.54) is 26.0 Å². The quantitative estimate of drug-likeness (QED) is 0.413. The molecule has 25 heavy (non-hydrogen) atoms. The van der Waals surface area contributed by atoms with E-state index in [4.69, 9.17) is 55.9 Å². The lowest BCUT2D eigenvalue weighted by atomic mass is 10.3. The summed E-state index contributed by atoms with van der Waals surface area (Å²) >= 11 is 25.4. The molecule has 0 aliphatic rings. The van der Waals surface area contributed by atoms with E-state index in [1.54, 1.807) is 12.1 Å². The molecule has 0 saturated carbocycles. The fourth-order valence-corrected chi connectivity index (χ4v) is 4.23. The van der Waals surface area contributed by atoms with E-state index >= 15 is 0 Å². The van der Waals surface area contributed by atoms with Crippen molar-refractivity contribution in [1.82, 2.24) is 0 Å². The van der Waals surface area contributed by atoms with E-state index in [1.807, 2.05) is 0 Å². The maximum atomic E-state index is 11.3. The first-order valence-electron chi connectivity index (χ1n) is 6.70. The normalized spacial score (nSPS) is 10.5. The predicted molar refractivity (Wildman–Crippen MR) is 99.7 cm³/mol. The molecule has 0 aliphatic heterocycles. The van der Waals surface area contributed by atoms with Gasteiger partial charge in [-0.25, -0.2) is 0 Å². The van der Waals surface area contributed by atoms with Crippen molar-refractivity contribution < 1.29 is 19.1 Å². The van der Waals surface area contributed by atoms with Gasteiger partial charge in [0, 0.05) is 23.9 Å². The molecule has 0 amide bonds. The molecule has 0 heterocycles. The molecule has 0 spiro atoms. The molecular weight excluding hydrogens is 430 g/mol. The highest BCUT2D eigenvalue weighted by Crippen LogP contribution is 2.47. The average Bonchev–Trinajstić information content (AvgIpc) is 2.45. The Kier molecular flexibility index (Phi) is 6.88. The Morgan fingerprint density at radius 1 is 0.760 bits per heavy atom. The van der Waals surface area contributed by atoms with Crippen LogP contribution in [-0.2, 0) is 9.59 Å². The van der Waals surface area contributed by atoms with Gasteiger partial charge in [-0.05, 0) is 24.3 Å². The van der Waals surface area contributed by atoms with Crippen molar-refractivity contribution in [3.8, 4) is 11.5 Å². The third-order valence-corrected chi connectivity index (χ3v) is 4.70. The third kappa shape index (κ3) is 5.43. The van der Waals surface area contributed by atoms with Gasteiger partial charge in [-0.15, -0.1) is 0 Å². The molecule has 9 heteroatoms. The number of esters is 2. The van der Waals surface area contributed by atoms with Crippen LogP contribution in [0.25, 0.3) is 0 Å². The van der Waals surface area contributed by atoms with Crippen molar-refractivity contribution in [2.45, 2.75) is 23.6 Å². The highest BCUT2D eigenvalue weighted by Gasteiger charge is 2.19. The van der Waals surface area contributed by atoms with Gasteiger partial charge in [-0.3, -0.25) is 9.59 Å². The van der Waals surface area contributed by atoms with Gasteiger partial charge in [0.15, 0.2) is 11.5 Å². The first-order valence-corrected chi connectivity index (χ1v) is 9.03. The monoisotopic (exact) mass is 438 g/mol. The van der Waals surface area contributed by atoms with Gasteiger partial charge >= 0.3 is 11.9 Å². The molecule has 132 valence electrons. The van der Waals surface area contributed by atoms with Crippen LogP contribution in [0, 0.1) is 0 Å². The largest absolute Gasteiger partial charge is 0.424 e. The first kappa shape index (κ1) is 20.2. The lowest BCUT2D eigenvalue weighted by molar-refractivity contribution is -0.133. The summed E-state index contributed by atoms with van der Waals surface area (Å²) < 4.78 is 10.3. The Balaban J connectivity index is 2.56. The SMILES string of the molecule is CC(=O)Oc1c(Cl)cc(Cl)cc1Sc1cc(Cl)cc(Cl)c1OC(C)=O. The fraction of sp³-hybridized carbons (Fsp3) is 0.125. The maximum Gasteiger partial charge on any atom is 0.308 e. The Labute approximate surface area is 168 Å². The Morgan fingerprint density at radius 2 is 1.12 bits per heavy atom. The molecule has 0 bridgehead atoms. The molecule has 0 N–H and O–H groups in total. The van der Waals surface area contributed by atoms with Gasteiger partial charge in [0.25, 0.3) is 0 Å². The van der Waals surface area contributed by atoms with Crippen LogP contribution in [0.5, 0.6) is 11.5 Å². The van der Waals surface area contributed by atoms with E-state index in [0.29, 0.717) is 19.8 Å². The van der Waals surface area contributed by atoms with Crippen LogP contribution in [0.4, 0.5) is 0 Å². The van der Waals surface area contributed by atoms with Gasteiger partial charge in [-0.1, -0.05) is 58.2 Å². The molecule has 2 aromatic carbocycles. The fourth-order valence-electron chi connectivity index (χ4n) is 1.83. The minimum atomic E-state index is -0.546. The summed E-state index contributed by atoms with van der Waals surface area (Å²) in [6.45, 7) is 2.50. The molecule has 2 rings (SSSR count). The van der Waals surface area contributed by atoms with Crippen molar-refractivity contribution in [3.05, 3.63) is 44.4 Å². The second-order valence-corrected chi connectivity index (χ2v) is 7.49. The number of carbonyl (C=O) groups excluding carboxylic acids is 2. The van der Waals surface area contributed by atoms with E-state index in [9.17, 15) is 9.59 Å². The highest BCUT2D eigenvalue weighted by molar-refractivity contribution is 7.99. The van der Waals surface area contributed by atoms with Crippen molar-refractivity contribution in [2.24, 2.45) is 0 Å². The molecule has 0 unspecified atom stereocenters.